The first-order valence-electron chi connectivity index (χ1n) is 5.17. The Balaban J connectivity index is 2.63. The van der Waals surface area contributed by atoms with Crippen molar-refractivity contribution in [3.05, 3.63) is 16.9 Å². The number of aromatic nitrogens is 2. The van der Waals surface area contributed by atoms with Gasteiger partial charge in [-0.3, -0.25) is 4.68 Å². The van der Waals surface area contributed by atoms with Gasteiger partial charge in [-0.2, -0.15) is 16.9 Å². The summed E-state index contributed by atoms with van der Waals surface area (Å²) in [6.07, 6.45) is 1.82. The van der Waals surface area contributed by atoms with E-state index in [2.05, 4.69) is 12.0 Å². The highest BCUT2D eigenvalue weighted by atomic mass is 35.5. The summed E-state index contributed by atoms with van der Waals surface area (Å²) in [6.45, 7) is 4.83. The molecule has 0 bridgehead atoms. The molecule has 0 aliphatic heterocycles. The number of nitrogens with zero attached hydrogens (tertiary/aromatic N) is 2. The number of aryl methyl sites for hydroxylation is 1. The lowest BCUT2D eigenvalue weighted by atomic mass is 10.2. The molecule has 1 N–H and O–H groups in total. The van der Waals surface area contributed by atoms with Crippen molar-refractivity contribution in [2.24, 2.45) is 0 Å². The van der Waals surface area contributed by atoms with E-state index in [0.29, 0.717) is 5.02 Å². The Morgan fingerprint density at radius 2 is 2.33 bits per heavy atom. The third kappa shape index (κ3) is 3.40. The molecule has 0 fully saturated rings. The van der Waals surface area contributed by atoms with E-state index in [4.69, 9.17) is 11.6 Å². The van der Waals surface area contributed by atoms with Crippen LogP contribution >= 0.6 is 23.4 Å². The number of aliphatic hydroxyl groups is 1. The molecule has 0 amide bonds. The molecule has 0 aromatic carbocycles. The number of rotatable bonds is 6. The van der Waals surface area contributed by atoms with Crippen molar-refractivity contribution >= 4 is 23.4 Å². The van der Waals surface area contributed by atoms with Crippen LogP contribution in [0.3, 0.4) is 0 Å². The van der Waals surface area contributed by atoms with Crippen molar-refractivity contribution in [2.45, 2.75) is 32.9 Å². The monoisotopic (exact) mass is 248 g/mol. The second kappa shape index (κ2) is 6.40. The molecule has 3 nitrogen and oxygen atoms in total. The lowest BCUT2D eigenvalue weighted by Crippen LogP contribution is -2.09. The van der Waals surface area contributed by atoms with Gasteiger partial charge >= 0.3 is 0 Å². The van der Waals surface area contributed by atoms with Crippen LogP contribution in [0.25, 0.3) is 0 Å². The van der Waals surface area contributed by atoms with Crippen molar-refractivity contribution in [1.29, 1.82) is 0 Å². The fraction of sp³-hybridized carbons (Fsp3) is 0.700. The van der Waals surface area contributed by atoms with Gasteiger partial charge < -0.3 is 5.11 Å². The predicted octanol–water partition coefficient (Wildman–Crippen LogP) is 2.73. The minimum absolute atomic E-state index is 0.501. The van der Waals surface area contributed by atoms with Crippen molar-refractivity contribution in [1.82, 2.24) is 9.78 Å². The van der Waals surface area contributed by atoms with E-state index in [1.165, 1.54) is 0 Å². The zero-order valence-electron chi connectivity index (χ0n) is 9.11. The highest BCUT2D eigenvalue weighted by molar-refractivity contribution is 7.99. The third-order valence-electron chi connectivity index (χ3n) is 2.19. The van der Waals surface area contributed by atoms with Crippen LogP contribution < -0.4 is 0 Å². The average molecular weight is 249 g/mol. The Hall–Kier alpha value is -0.190. The van der Waals surface area contributed by atoms with Crippen molar-refractivity contribution in [3.63, 3.8) is 0 Å². The summed E-state index contributed by atoms with van der Waals surface area (Å²) in [5.74, 6) is 2.02. The summed E-state index contributed by atoms with van der Waals surface area (Å²) >= 11 is 7.80. The third-order valence-corrected chi connectivity index (χ3v) is 3.41. The molecule has 1 aromatic rings. The van der Waals surface area contributed by atoms with Crippen LogP contribution in [-0.4, -0.2) is 26.4 Å². The minimum Gasteiger partial charge on any atom is -0.387 e. The molecule has 0 saturated heterocycles. The summed E-state index contributed by atoms with van der Waals surface area (Å²) in [5, 5.41) is 14.6. The smallest absolute Gasteiger partial charge is 0.0979 e. The molecule has 1 aromatic heterocycles. The molecule has 0 radical (unpaired) electrons. The number of hydrogen-bond donors (Lipinski definition) is 1. The largest absolute Gasteiger partial charge is 0.387 e. The summed E-state index contributed by atoms with van der Waals surface area (Å²) < 4.78 is 1.75. The van der Waals surface area contributed by atoms with Gasteiger partial charge in [-0.05, 0) is 24.9 Å². The summed E-state index contributed by atoms with van der Waals surface area (Å²) in [5.41, 5.74) is 0.746. The van der Waals surface area contributed by atoms with E-state index in [9.17, 15) is 5.11 Å². The van der Waals surface area contributed by atoms with Gasteiger partial charge in [-0.15, -0.1) is 0 Å². The second-order valence-corrected chi connectivity index (χ2v) is 5.00. The number of halogens is 1. The maximum atomic E-state index is 9.97. The Labute approximate surface area is 99.8 Å². The van der Waals surface area contributed by atoms with Gasteiger partial charge in [-0.1, -0.05) is 18.5 Å². The Morgan fingerprint density at radius 3 is 2.93 bits per heavy atom. The maximum absolute atomic E-state index is 9.97. The molecule has 1 heterocycles. The van der Waals surface area contributed by atoms with Gasteiger partial charge in [0.1, 0.15) is 0 Å². The molecule has 5 heteroatoms. The highest BCUT2D eigenvalue weighted by Gasteiger charge is 2.16. The van der Waals surface area contributed by atoms with E-state index < -0.39 is 6.10 Å². The molecule has 0 aliphatic rings. The number of hydrogen-bond acceptors (Lipinski definition) is 3. The maximum Gasteiger partial charge on any atom is 0.0979 e. The molecule has 1 rings (SSSR count). The van der Waals surface area contributed by atoms with Gasteiger partial charge in [0.15, 0.2) is 0 Å². The topological polar surface area (TPSA) is 38.1 Å². The highest BCUT2D eigenvalue weighted by Crippen LogP contribution is 2.26. The van der Waals surface area contributed by atoms with Crippen molar-refractivity contribution in [3.8, 4) is 0 Å². The van der Waals surface area contributed by atoms with Crippen LogP contribution in [0.2, 0.25) is 5.02 Å². The standard InChI is InChI=1S/C10H17ClN2OS/c1-3-13-10(8(11)7-12-13)9(14)5-6-15-4-2/h7,9,14H,3-6H2,1-2H3. The van der Waals surface area contributed by atoms with Gasteiger partial charge in [0, 0.05) is 6.54 Å². The predicted molar refractivity (Wildman–Crippen MR) is 65.5 cm³/mol. The molecule has 1 atom stereocenters. The van der Waals surface area contributed by atoms with Gasteiger partial charge in [0.25, 0.3) is 0 Å². The van der Waals surface area contributed by atoms with Crippen LogP contribution in [0.1, 0.15) is 32.1 Å². The first-order valence-corrected chi connectivity index (χ1v) is 6.71. The number of thioether (sulfide) groups is 1. The van der Waals surface area contributed by atoms with Crippen molar-refractivity contribution < 1.29 is 5.11 Å². The van der Waals surface area contributed by atoms with Gasteiger partial charge in [-0.25, -0.2) is 0 Å². The Kier molecular flexibility index (Phi) is 5.50. The summed E-state index contributed by atoms with van der Waals surface area (Å²) in [7, 11) is 0. The molecule has 15 heavy (non-hydrogen) atoms. The second-order valence-electron chi connectivity index (χ2n) is 3.19. The summed E-state index contributed by atoms with van der Waals surface area (Å²) in [4.78, 5) is 0. The first-order chi connectivity index (χ1) is 7.20. The quantitative estimate of drug-likeness (QED) is 0.787. The van der Waals surface area contributed by atoms with Gasteiger partial charge in [0.2, 0.25) is 0 Å². The normalized spacial score (nSPS) is 13.1. The molecule has 1 unspecified atom stereocenters. The molecular formula is C10H17ClN2OS. The van der Waals surface area contributed by atoms with Crippen LogP contribution in [0, 0.1) is 0 Å². The van der Waals surface area contributed by atoms with E-state index in [-0.39, 0.29) is 0 Å². The average Bonchev–Trinajstić information content (AvgIpc) is 2.59. The summed E-state index contributed by atoms with van der Waals surface area (Å²) in [6, 6.07) is 0. The molecule has 86 valence electrons. The fourth-order valence-electron chi connectivity index (χ4n) is 1.43. The Bertz CT molecular complexity index is 304. The zero-order valence-corrected chi connectivity index (χ0v) is 10.7. The van der Waals surface area contributed by atoms with E-state index in [1.54, 1.807) is 10.9 Å². The SMILES string of the molecule is CCSCCC(O)c1c(Cl)cnn1CC. The van der Waals surface area contributed by atoms with E-state index in [0.717, 1.165) is 30.2 Å². The van der Waals surface area contributed by atoms with Gasteiger partial charge in [0.05, 0.1) is 23.0 Å². The van der Waals surface area contributed by atoms with Crippen LogP contribution in [0.5, 0.6) is 0 Å². The Morgan fingerprint density at radius 1 is 1.60 bits per heavy atom. The molecule has 0 spiro atoms. The van der Waals surface area contributed by atoms with Crippen LogP contribution in [0.4, 0.5) is 0 Å². The van der Waals surface area contributed by atoms with Crippen LogP contribution in [-0.2, 0) is 6.54 Å². The number of aliphatic hydroxyl groups excluding tert-OH is 1. The molecule has 0 saturated carbocycles. The lowest BCUT2D eigenvalue weighted by Gasteiger charge is -2.12. The lowest BCUT2D eigenvalue weighted by molar-refractivity contribution is 0.164. The first kappa shape index (κ1) is 12.9. The van der Waals surface area contributed by atoms with Crippen molar-refractivity contribution in [2.75, 3.05) is 11.5 Å². The fourth-order valence-corrected chi connectivity index (χ4v) is 2.38. The molecular weight excluding hydrogens is 232 g/mol. The van der Waals surface area contributed by atoms with E-state index in [1.807, 2.05) is 18.7 Å². The molecule has 0 aliphatic carbocycles. The minimum atomic E-state index is -0.501. The van der Waals surface area contributed by atoms with E-state index >= 15 is 0 Å². The zero-order chi connectivity index (χ0) is 11.3. The van der Waals surface area contributed by atoms with Crippen LogP contribution in [0.15, 0.2) is 6.20 Å².